The number of methoxy groups -OCH3 is 1. The van der Waals surface area contributed by atoms with Crippen LogP contribution in [-0.2, 0) is 17.6 Å². The average molecular weight is 220 g/mol. The van der Waals surface area contributed by atoms with Gasteiger partial charge in [-0.15, -0.1) is 0 Å². The molecular weight excluding hydrogens is 204 g/mol. The smallest absolute Gasteiger partial charge is 0.164 e. The molecule has 0 aromatic heterocycles. The second-order valence-electron chi connectivity index (χ2n) is 4.12. The Balaban J connectivity index is 2.31. The molecule has 0 radical (unpaired) electrons. The first kappa shape index (κ1) is 11.0. The molecule has 86 valence electrons. The Bertz CT molecular complexity index is 398. The first-order valence-electron chi connectivity index (χ1n) is 5.54. The van der Waals surface area contributed by atoms with Crippen molar-refractivity contribution in [1.82, 2.24) is 0 Å². The number of ether oxygens (including phenoxy) is 2. The minimum Gasteiger partial charge on any atom is -0.493 e. The number of hydrogen-bond acceptors (Lipinski definition) is 3. The van der Waals surface area contributed by atoms with E-state index in [1.807, 2.05) is 13.0 Å². The minimum absolute atomic E-state index is 0.213. The van der Waals surface area contributed by atoms with Gasteiger partial charge in [0.2, 0.25) is 0 Å². The molecule has 1 atom stereocenters. The van der Waals surface area contributed by atoms with Crippen LogP contribution in [0.25, 0.3) is 0 Å². The molecule has 0 N–H and O–H groups in total. The van der Waals surface area contributed by atoms with Crippen molar-refractivity contribution in [3.05, 3.63) is 23.3 Å². The zero-order valence-corrected chi connectivity index (χ0v) is 9.66. The molecule has 0 fully saturated rings. The largest absolute Gasteiger partial charge is 0.493 e. The molecule has 0 saturated carbocycles. The van der Waals surface area contributed by atoms with Gasteiger partial charge in [0.1, 0.15) is 12.4 Å². The number of benzene rings is 1. The fraction of sp³-hybridized carbons (Fsp3) is 0.462. The summed E-state index contributed by atoms with van der Waals surface area (Å²) in [4.78, 5) is 10.4. The van der Waals surface area contributed by atoms with Crippen molar-refractivity contribution >= 4 is 6.29 Å². The van der Waals surface area contributed by atoms with Crippen LogP contribution in [0.2, 0.25) is 0 Å². The highest BCUT2D eigenvalue weighted by atomic mass is 16.5. The van der Waals surface area contributed by atoms with Crippen molar-refractivity contribution in [3.63, 3.8) is 0 Å². The molecule has 16 heavy (non-hydrogen) atoms. The quantitative estimate of drug-likeness (QED) is 0.729. The maximum atomic E-state index is 10.4. The van der Waals surface area contributed by atoms with Crippen molar-refractivity contribution in [2.75, 3.05) is 7.11 Å². The molecule has 0 aliphatic carbocycles. The molecular formula is C13H16O3. The van der Waals surface area contributed by atoms with Gasteiger partial charge in [-0.2, -0.15) is 0 Å². The van der Waals surface area contributed by atoms with Crippen LogP contribution < -0.4 is 9.47 Å². The average Bonchev–Trinajstić information content (AvgIpc) is 2.65. The lowest BCUT2D eigenvalue weighted by Crippen LogP contribution is -2.05. The molecule has 2 rings (SSSR count). The van der Waals surface area contributed by atoms with Crippen molar-refractivity contribution in [2.24, 2.45) is 0 Å². The molecule has 1 unspecified atom stereocenters. The number of aryl methyl sites for hydroxylation is 1. The Hall–Kier alpha value is -1.51. The second-order valence-corrected chi connectivity index (χ2v) is 4.12. The van der Waals surface area contributed by atoms with Gasteiger partial charge in [0.05, 0.1) is 7.11 Å². The van der Waals surface area contributed by atoms with Crippen LogP contribution in [0.5, 0.6) is 11.5 Å². The topological polar surface area (TPSA) is 35.5 Å². The third-order valence-electron chi connectivity index (χ3n) is 2.79. The number of fused-ring (bicyclic) bond motifs is 1. The van der Waals surface area contributed by atoms with E-state index in [4.69, 9.17) is 9.47 Å². The van der Waals surface area contributed by atoms with Crippen LogP contribution in [0.3, 0.4) is 0 Å². The van der Waals surface area contributed by atoms with Gasteiger partial charge in [-0.3, -0.25) is 0 Å². The maximum absolute atomic E-state index is 10.4. The Morgan fingerprint density at radius 2 is 2.38 bits per heavy atom. The zero-order chi connectivity index (χ0) is 11.5. The van der Waals surface area contributed by atoms with Crippen molar-refractivity contribution in [1.29, 1.82) is 0 Å². The van der Waals surface area contributed by atoms with E-state index in [0.717, 1.165) is 36.2 Å². The van der Waals surface area contributed by atoms with Crippen LogP contribution in [0.15, 0.2) is 12.1 Å². The number of carbonyl (C=O) groups excluding carboxylic acids is 1. The fourth-order valence-electron chi connectivity index (χ4n) is 2.08. The normalized spacial score (nSPS) is 17.8. The summed E-state index contributed by atoms with van der Waals surface area (Å²) in [5.74, 6) is 1.65. The molecule has 1 aromatic rings. The van der Waals surface area contributed by atoms with E-state index in [9.17, 15) is 4.79 Å². The molecule has 0 saturated heterocycles. The molecule has 3 nitrogen and oxygen atoms in total. The number of hydrogen-bond donors (Lipinski definition) is 0. The molecule has 0 spiro atoms. The second kappa shape index (κ2) is 4.56. The first-order chi connectivity index (χ1) is 7.74. The third-order valence-corrected chi connectivity index (χ3v) is 2.79. The summed E-state index contributed by atoms with van der Waals surface area (Å²) in [6.07, 6.45) is 3.39. The highest BCUT2D eigenvalue weighted by Crippen LogP contribution is 2.39. The van der Waals surface area contributed by atoms with E-state index in [1.165, 1.54) is 5.56 Å². The van der Waals surface area contributed by atoms with Crippen LogP contribution in [0, 0.1) is 0 Å². The Morgan fingerprint density at radius 3 is 3.06 bits per heavy atom. The number of aldehydes is 1. The van der Waals surface area contributed by atoms with E-state index in [1.54, 1.807) is 7.11 Å². The standard InChI is InChI=1S/C13H16O3/c1-9-6-11-7-10(4-3-5-14)8-12(15-2)13(11)16-9/h5,7-9H,3-4,6H2,1-2H3. The van der Waals surface area contributed by atoms with Crippen molar-refractivity contribution < 1.29 is 14.3 Å². The highest BCUT2D eigenvalue weighted by molar-refractivity contribution is 5.54. The van der Waals surface area contributed by atoms with E-state index >= 15 is 0 Å². The molecule has 0 amide bonds. The third kappa shape index (κ3) is 2.03. The van der Waals surface area contributed by atoms with Crippen LogP contribution in [0.1, 0.15) is 24.5 Å². The van der Waals surface area contributed by atoms with Crippen LogP contribution in [0.4, 0.5) is 0 Å². The summed E-state index contributed by atoms with van der Waals surface area (Å²) in [5, 5.41) is 0. The van der Waals surface area contributed by atoms with Crippen LogP contribution in [-0.4, -0.2) is 19.5 Å². The van der Waals surface area contributed by atoms with Gasteiger partial charge in [-0.25, -0.2) is 0 Å². The van der Waals surface area contributed by atoms with Crippen LogP contribution >= 0.6 is 0 Å². The molecule has 0 bridgehead atoms. The molecule has 3 heteroatoms. The summed E-state index contributed by atoms with van der Waals surface area (Å²) >= 11 is 0. The number of rotatable bonds is 4. The van der Waals surface area contributed by atoms with Gasteiger partial charge in [-0.05, 0) is 25.0 Å². The van der Waals surface area contributed by atoms with Gasteiger partial charge < -0.3 is 14.3 Å². The Kier molecular flexibility index (Phi) is 3.13. The lowest BCUT2D eigenvalue weighted by Gasteiger charge is -2.09. The summed E-state index contributed by atoms with van der Waals surface area (Å²) < 4.78 is 11.0. The van der Waals surface area contributed by atoms with Crippen molar-refractivity contribution in [3.8, 4) is 11.5 Å². The zero-order valence-electron chi connectivity index (χ0n) is 9.66. The molecule has 1 heterocycles. The van der Waals surface area contributed by atoms with E-state index in [2.05, 4.69) is 6.07 Å². The SMILES string of the molecule is COc1cc(CCC=O)cc2c1OC(C)C2. The highest BCUT2D eigenvalue weighted by Gasteiger charge is 2.23. The van der Waals surface area contributed by atoms with Gasteiger partial charge in [0.15, 0.2) is 11.5 Å². The maximum Gasteiger partial charge on any atom is 0.164 e. The lowest BCUT2D eigenvalue weighted by molar-refractivity contribution is -0.107. The van der Waals surface area contributed by atoms with Gasteiger partial charge in [-0.1, -0.05) is 6.07 Å². The Labute approximate surface area is 95.4 Å². The predicted octanol–water partition coefficient (Wildman–Crippen LogP) is 2.15. The monoisotopic (exact) mass is 220 g/mol. The lowest BCUT2D eigenvalue weighted by atomic mass is 10.0. The Morgan fingerprint density at radius 1 is 1.56 bits per heavy atom. The molecule has 1 aliphatic heterocycles. The summed E-state index contributed by atoms with van der Waals surface area (Å²) in [7, 11) is 1.64. The predicted molar refractivity (Wildman–Crippen MR) is 61.2 cm³/mol. The first-order valence-corrected chi connectivity index (χ1v) is 5.54. The molecule has 1 aromatic carbocycles. The summed E-state index contributed by atoms with van der Waals surface area (Å²) in [6.45, 7) is 2.05. The summed E-state index contributed by atoms with van der Waals surface area (Å²) in [5.41, 5.74) is 2.33. The van der Waals surface area contributed by atoms with E-state index in [0.29, 0.717) is 6.42 Å². The van der Waals surface area contributed by atoms with Gasteiger partial charge >= 0.3 is 0 Å². The minimum atomic E-state index is 0.213. The fourth-order valence-corrected chi connectivity index (χ4v) is 2.08. The van der Waals surface area contributed by atoms with Gasteiger partial charge in [0, 0.05) is 18.4 Å². The summed E-state index contributed by atoms with van der Waals surface area (Å²) in [6, 6.07) is 4.07. The van der Waals surface area contributed by atoms with Gasteiger partial charge in [0.25, 0.3) is 0 Å². The van der Waals surface area contributed by atoms with E-state index < -0.39 is 0 Å². The van der Waals surface area contributed by atoms with Crippen molar-refractivity contribution in [2.45, 2.75) is 32.3 Å². The van der Waals surface area contributed by atoms with E-state index in [-0.39, 0.29) is 6.10 Å². The molecule has 1 aliphatic rings. The number of carbonyl (C=O) groups is 1.